The number of aromatic hydroxyl groups is 1. The number of hydrogen-bond donors (Lipinski definition) is 1. The summed E-state index contributed by atoms with van der Waals surface area (Å²) < 4.78 is 7.26. The molecular formula is C30H22Br2INO6. The SMILES string of the molecule is COc1cc([C@H]2C3=CC[C@@H]4C(=O)N(c5ccc(I)cc5)C(=O)[C@@H]4[C@@H]3CC3=C2C(=O)C(C)=CC3=O)c(Br)c(Br)c1O. The third kappa shape index (κ3) is 4.00. The number of rotatable bonds is 3. The van der Waals surface area contributed by atoms with Gasteiger partial charge in [-0.25, -0.2) is 0 Å². The molecule has 204 valence electrons. The average molecular weight is 779 g/mol. The van der Waals surface area contributed by atoms with Gasteiger partial charge in [-0.2, -0.15) is 0 Å². The molecule has 7 nitrogen and oxygen atoms in total. The molecule has 1 N–H and O–H groups in total. The zero-order valence-electron chi connectivity index (χ0n) is 21.3. The molecule has 1 saturated heterocycles. The largest absolute Gasteiger partial charge is 0.503 e. The molecule has 0 spiro atoms. The van der Waals surface area contributed by atoms with Gasteiger partial charge in [-0.1, -0.05) is 11.6 Å². The molecule has 10 heteroatoms. The van der Waals surface area contributed by atoms with Crippen molar-refractivity contribution in [2.75, 3.05) is 12.0 Å². The summed E-state index contributed by atoms with van der Waals surface area (Å²) in [5, 5.41) is 10.6. The molecule has 2 aromatic rings. The van der Waals surface area contributed by atoms with Gasteiger partial charge in [-0.15, -0.1) is 0 Å². The molecule has 3 aliphatic carbocycles. The van der Waals surface area contributed by atoms with Crippen molar-refractivity contribution in [2.24, 2.45) is 17.8 Å². The number of anilines is 1. The number of methoxy groups -OCH3 is 1. The summed E-state index contributed by atoms with van der Waals surface area (Å²) in [4.78, 5) is 55.9. The van der Waals surface area contributed by atoms with Crippen molar-refractivity contribution in [2.45, 2.75) is 25.7 Å². The highest BCUT2D eigenvalue weighted by molar-refractivity contribution is 14.1. The van der Waals surface area contributed by atoms with E-state index in [1.807, 2.05) is 18.2 Å². The first-order chi connectivity index (χ1) is 19.0. The number of nitrogens with zero attached hydrogens (tertiary/aromatic N) is 1. The van der Waals surface area contributed by atoms with E-state index in [0.717, 1.165) is 9.14 Å². The van der Waals surface area contributed by atoms with Crippen LogP contribution in [0.25, 0.3) is 0 Å². The summed E-state index contributed by atoms with van der Waals surface area (Å²) in [6, 6.07) is 8.89. The predicted molar refractivity (Wildman–Crippen MR) is 163 cm³/mol. The Morgan fingerprint density at radius 2 is 1.73 bits per heavy atom. The molecule has 4 atom stereocenters. The highest BCUT2D eigenvalue weighted by atomic mass is 127. The monoisotopic (exact) mass is 777 g/mol. The number of carbonyl (C=O) groups is 4. The molecule has 1 heterocycles. The number of ketones is 2. The Hall–Kier alpha value is -2.57. The second-order valence-corrected chi connectivity index (χ2v) is 13.2. The molecule has 1 fully saturated rings. The Labute approximate surface area is 260 Å². The van der Waals surface area contributed by atoms with Gasteiger partial charge in [-0.3, -0.25) is 24.1 Å². The third-order valence-electron chi connectivity index (χ3n) is 8.35. The number of fused-ring (bicyclic) bond motifs is 3. The fourth-order valence-corrected chi connectivity index (χ4v) is 7.85. The summed E-state index contributed by atoms with van der Waals surface area (Å²) in [5.74, 6) is -3.30. The standard InChI is InChI=1S/C30H22Br2INO6/c1-12-9-20(35)18-10-17-15(22(24(18)27(12)36)19-11-21(40-2)28(37)26(32)25(19)31)7-8-16-23(17)30(39)34(29(16)38)14-5-3-13(33)4-6-14/h3-7,9,11,16-17,22-23,37H,8,10H2,1-2H3/t16-,17+,22+,23-/m0/s1. The minimum Gasteiger partial charge on any atom is -0.503 e. The number of benzene rings is 2. The first kappa shape index (κ1) is 27.6. The van der Waals surface area contributed by atoms with Crippen LogP contribution in [0.5, 0.6) is 11.5 Å². The minimum atomic E-state index is -0.676. The molecule has 4 aliphatic rings. The lowest BCUT2D eigenvalue weighted by Gasteiger charge is -2.42. The van der Waals surface area contributed by atoms with Crippen molar-refractivity contribution in [1.82, 2.24) is 0 Å². The molecule has 0 radical (unpaired) electrons. The fourth-order valence-electron chi connectivity index (χ4n) is 6.54. The van der Waals surface area contributed by atoms with Gasteiger partial charge in [0, 0.05) is 30.7 Å². The first-order valence-electron chi connectivity index (χ1n) is 12.6. The highest BCUT2D eigenvalue weighted by Crippen LogP contribution is 2.57. The maximum absolute atomic E-state index is 14.0. The number of phenolic OH excluding ortho intramolecular Hbond substituents is 1. The van der Waals surface area contributed by atoms with Crippen LogP contribution in [0.3, 0.4) is 0 Å². The lowest BCUT2D eigenvalue weighted by Crippen LogP contribution is -2.40. The van der Waals surface area contributed by atoms with Crippen molar-refractivity contribution >= 4 is 83.5 Å². The van der Waals surface area contributed by atoms with E-state index < -0.39 is 23.7 Å². The molecular weight excluding hydrogens is 757 g/mol. The second-order valence-electron chi connectivity index (χ2n) is 10.4. The zero-order valence-corrected chi connectivity index (χ0v) is 26.7. The van der Waals surface area contributed by atoms with Crippen LogP contribution in [0.15, 0.2) is 73.7 Å². The summed E-state index contributed by atoms with van der Waals surface area (Å²) in [6.07, 6.45) is 3.86. The third-order valence-corrected chi connectivity index (χ3v) is 11.2. The molecule has 2 amide bonds. The van der Waals surface area contributed by atoms with Crippen LogP contribution in [0.2, 0.25) is 0 Å². The molecule has 0 bridgehead atoms. The topological polar surface area (TPSA) is 101 Å². The molecule has 0 saturated carbocycles. The smallest absolute Gasteiger partial charge is 0.238 e. The van der Waals surface area contributed by atoms with Crippen LogP contribution in [0, 0.1) is 21.3 Å². The van der Waals surface area contributed by atoms with Crippen LogP contribution in [0.1, 0.15) is 31.2 Å². The molecule has 0 aromatic heterocycles. The van der Waals surface area contributed by atoms with Crippen LogP contribution in [0.4, 0.5) is 5.69 Å². The van der Waals surface area contributed by atoms with Crippen LogP contribution in [-0.2, 0) is 19.2 Å². The van der Waals surface area contributed by atoms with E-state index >= 15 is 0 Å². The predicted octanol–water partition coefficient (Wildman–Crippen LogP) is 6.16. The number of halogens is 3. The molecule has 1 aliphatic heterocycles. The van der Waals surface area contributed by atoms with Crippen LogP contribution in [-0.4, -0.2) is 35.6 Å². The Morgan fingerprint density at radius 1 is 1.02 bits per heavy atom. The average Bonchev–Trinajstić information content (AvgIpc) is 3.20. The van der Waals surface area contributed by atoms with E-state index in [1.165, 1.54) is 18.1 Å². The van der Waals surface area contributed by atoms with E-state index in [-0.39, 0.29) is 41.3 Å². The molecule has 6 rings (SSSR count). The Kier molecular flexibility index (Phi) is 6.94. The Bertz CT molecular complexity index is 1640. The maximum Gasteiger partial charge on any atom is 0.238 e. The molecule has 0 unspecified atom stereocenters. The van der Waals surface area contributed by atoms with E-state index in [9.17, 15) is 24.3 Å². The normalized spacial score (nSPS) is 25.9. The maximum atomic E-state index is 14.0. The summed E-state index contributed by atoms with van der Waals surface area (Å²) in [7, 11) is 1.43. The van der Waals surface area contributed by atoms with E-state index in [4.69, 9.17) is 4.74 Å². The van der Waals surface area contributed by atoms with E-state index in [0.29, 0.717) is 43.3 Å². The quantitative estimate of drug-likeness (QED) is 0.174. The number of imide groups is 1. The lowest BCUT2D eigenvalue weighted by molar-refractivity contribution is -0.123. The molecule has 2 aromatic carbocycles. The van der Waals surface area contributed by atoms with E-state index in [1.54, 1.807) is 25.1 Å². The van der Waals surface area contributed by atoms with Gasteiger partial charge in [0.15, 0.2) is 23.1 Å². The summed E-state index contributed by atoms with van der Waals surface area (Å²) >= 11 is 9.18. The molecule has 40 heavy (non-hydrogen) atoms. The lowest BCUT2D eigenvalue weighted by atomic mass is 9.59. The number of amides is 2. The number of carbonyl (C=O) groups excluding carboxylic acids is 4. The van der Waals surface area contributed by atoms with Crippen molar-refractivity contribution in [3.05, 3.63) is 82.9 Å². The van der Waals surface area contributed by atoms with Gasteiger partial charge in [-0.05, 0) is 122 Å². The number of allylic oxidation sites excluding steroid dienone is 6. The number of ether oxygens (including phenoxy) is 1. The van der Waals surface area contributed by atoms with Gasteiger partial charge in [0.2, 0.25) is 11.8 Å². The number of phenols is 1. The van der Waals surface area contributed by atoms with Gasteiger partial charge in [0.1, 0.15) is 0 Å². The first-order valence-corrected chi connectivity index (χ1v) is 15.3. The van der Waals surface area contributed by atoms with E-state index in [2.05, 4.69) is 54.5 Å². The van der Waals surface area contributed by atoms with Crippen molar-refractivity contribution in [3.8, 4) is 11.5 Å². The van der Waals surface area contributed by atoms with Crippen molar-refractivity contribution < 1.29 is 29.0 Å². The zero-order chi connectivity index (χ0) is 28.6. The van der Waals surface area contributed by atoms with Crippen LogP contribution < -0.4 is 9.64 Å². The number of Topliss-reactive ketones (excluding diaryl/α,β-unsaturated/α-hetero) is 1. The minimum absolute atomic E-state index is 0.107. The van der Waals surface area contributed by atoms with Crippen molar-refractivity contribution in [3.63, 3.8) is 0 Å². The van der Waals surface area contributed by atoms with Gasteiger partial charge < -0.3 is 9.84 Å². The highest BCUT2D eigenvalue weighted by Gasteiger charge is 2.56. The van der Waals surface area contributed by atoms with Gasteiger partial charge in [0.05, 0.1) is 29.1 Å². The number of hydrogen-bond acceptors (Lipinski definition) is 6. The Balaban J connectivity index is 1.53. The Morgan fingerprint density at radius 3 is 2.40 bits per heavy atom. The summed E-state index contributed by atoms with van der Waals surface area (Å²) in [6.45, 7) is 1.62. The van der Waals surface area contributed by atoms with Gasteiger partial charge in [0.25, 0.3) is 0 Å². The van der Waals surface area contributed by atoms with Crippen LogP contribution >= 0.6 is 54.5 Å². The fraction of sp³-hybridized carbons (Fsp3) is 0.267. The van der Waals surface area contributed by atoms with Crippen molar-refractivity contribution in [1.29, 1.82) is 0 Å². The van der Waals surface area contributed by atoms with Gasteiger partial charge >= 0.3 is 0 Å². The second kappa shape index (κ2) is 10.1. The summed E-state index contributed by atoms with van der Waals surface area (Å²) in [5.41, 5.74) is 3.05.